The van der Waals surface area contributed by atoms with Gasteiger partial charge < -0.3 is 10.6 Å². The molecule has 1 amide bonds. The fourth-order valence-corrected chi connectivity index (χ4v) is 3.16. The molecular weight excluding hydrogens is 256 g/mol. The third kappa shape index (κ3) is 2.73. The first-order chi connectivity index (χ1) is 9.04. The average Bonchev–Trinajstić information content (AvgIpc) is 2.72. The summed E-state index contributed by atoms with van der Waals surface area (Å²) in [5, 5.41) is 0.997. The van der Waals surface area contributed by atoms with E-state index in [9.17, 15) is 4.79 Å². The Bertz CT molecular complexity index is 603. The molecule has 19 heavy (non-hydrogen) atoms. The smallest absolute Gasteiger partial charge is 0.265 e. The van der Waals surface area contributed by atoms with Gasteiger partial charge in [-0.05, 0) is 25.5 Å². The van der Waals surface area contributed by atoms with Gasteiger partial charge in [0.05, 0.1) is 5.69 Å². The maximum absolute atomic E-state index is 12.4. The molecule has 1 aromatic heterocycles. The number of rotatable bonds is 4. The second-order valence-corrected chi connectivity index (χ2v) is 5.98. The maximum atomic E-state index is 12.4. The number of fused-ring (bicyclic) bond motifs is 1. The van der Waals surface area contributed by atoms with Gasteiger partial charge in [-0.25, -0.2) is 0 Å². The predicted molar refractivity (Wildman–Crippen MR) is 82.8 cm³/mol. The largest absolute Gasteiger partial charge is 0.397 e. The molecule has 1 aromatic carbocycles. The molecule has 2 rings (SSSR count). The Morgan fingerprint density at radius 2 is 2.16 bits per heavy atom. The molecule has 4 heteroatoms. The number of unbranched alkanes of at least 4 members (excludes halogenated alkanes) is 1. The Morgan fingerprint density at radius 1 is 1.42 bits per heavy atom. The van der Waals surface area contributed by atoms with Crippen LogP contribution in [-0.4, -0.2) is 24.4 Å². The van der Waals surface area contributed by atoms with Crippen LogP contribution in [0.25, 0.3) is 10.1 Å². The molecular formula is C15H20N2OS. The minimum absolute atomic E-state index is 0.0322. The Morgan fingerprint density at radius 3 is 2.84 bits per heavy atom. The minimum Gasteiger partial charge on any atom is -0.397 e. The van der Waals surface area contributed by atoms with E-state index in [1.807, 2.05) is 32.2 Å². The Hall–Kier alpha value is -1.55. The number of nitrogen functional groups attached to an aromatic ring is 1. The summed E-state index contributed by atoms with van der Waals surface area (Å²) in [6.07, 6.45) is 2.10. The number of hydrogen-bond donors (Lipinski definition) is 1. The SMILES string of the molecule is CCCCN(C)C(=O)c1sc2ccc(C)cc2c1N. The van der Waals surface area contributed by atoms with Crippen LogP contribution in [0.3, 0.4) is 0 Å². The van der Waals surface area contributed by atoms with E-state index in [4.69, 9.17) is 5.73 Å². The lowest BCUT2D eigenvalue weighted by molar-refractivity contribution is 0.0799. The number of anilines is 1. The van der Waals surface area contributed by atoms with Gasteiger partial charge in [-0.3, -0.25) is 4.79 Å². The van der Waals surface area contributed by atoms with Crippen molar-refractivity contribution in [3.05, 3.63) is 28.6 Å². The summed E-state index contributed by atoms with van der Waals surface area (Å²) in [7, 11) is 1.84. The third-order valence-electron chi connectivity index (χ3n) is 3.27. The first-order valence-corrected chi connectivity index (χ1v) is 7.40. The van der Waals surface area contributed by atoms with Gasteiger partial charge in [0, 0.05) is 23.7 Å². The molecule has 0 fully saturated rings. The van der Waals surface area contributed by atoms with Gasteiger partial charge in [0.15, 0.2) is 0 Å². The van der Waals surface area contributed by atoms with Gasteiger partial charge in [-0.2, -0.15) is 0 Å². The van der Waals surface area contributed by atoms with Gasteiger partial charge in [0.25, 0.3) is 5.91 Å². The van der Waals surface area contributed by atoms with Crippen molar-refractivity contribution in [2.75, 3.05) is 19.3 Å². The highest BCUT2D eigenvalue weighted by Crippen LogP contribution is 2.34. The molecule has 102 valence electrons. The van der Waals surface area contributed by atoms with E-state index in [-0.39, 0.29) is 5.91 Å². The normalized spacial score (nSPS) is 10.9. The molecule has 0 unspecified atom stereocenters. The topological polar surface area (TPSA) is 46.3 Å². The highest BCUT2D eigenvalue weighted by Gasteiger charge is 2.19. The molecule has 3 nitrogen and oxygen atoms in total. The molecule has 0 saturated heterocycles. The van der Waals surface area contributed by atoms with E-state index in [1.54, 1.807) is 4.90 Å². The number of hydrogen-bond acceptors (Lipinski definition) is 3. The molecule has 0 aliphatic heterocycles. The van der Waals surface area contributed by atoms with E-state index in [2.05, 4.69) is 6.92 Å². The standard InChI is InChI=1S/C15H20N2OS/c1-4-5-8-17(3)15(18)14-13(16)11-9-10(2)6-7-12(11)19-14/h6-7,9H,4-5,8,16H2,1-3H3. The monoisotopic (exact) mass is 276 g/mol. The lowest BCUT2D eigenvalue weighted by Crippen LogP contribution is -2.27. The van der Waals surface area contributed by atoms with Gasteiger partial charge in [0.2, 0.25) is 0 Å². The zero-order chi connectivity index (χ0) is 14.0. The molecule has 0 bridgehead atoms. The maximum Gasteiger partial charge on any atom is 0.265 e. The van der Waals surface area contributed by atoms with Crippen LogP contribution in [0, 0.1) is 6.92 Å². The fraction of sp³-hybridized carbons (Fsp3) is 0.400. The molecule has 2 N–H and O–H groups in total. The summed E-state index contributed by atoms with van der Waals surface area (Å²) >= 11 is 1.49. The summed E-state index contributed by atoms with van der Waals surface area (Å²) in [6, 6.07) is 6.13. The van der Waals surface area contributed by atoms with Crippen molar-refractivity contribution in [2.24, 2.45) is 0 Å². The van der Waals surface area contributed by atoms with E-state index in [1.165, 1.54) is 11.3 Å². The van der Waals surface area contributed by atoms with Gasteiger partial charge in [-0.1, -0.05) is 25.0 Å². The zero-order valence-electron chi connectivity index (χ0n) is 11.7. The first kappa shape index (κ1) is 13.9. The zero-order valence-corrected chi connectivity index (χ0v) is 12.5. The average molecular weight is 276 g/mol. The summed E-state index contributed by atoms with van der Waals surface area (Å²) in [5.74, 6) is 0.0322. The van der Waals surface area contributed by atoms with Crippen molar-refractivity contribution in [2.45, 2.75) is 26.7 Å². The number of carbonyl (C=O) groups excluding carboxylic acids is 1. The van der Waals surface area contributed by atoms with Crippen molar-refractivity contribution in [1.82, 2.24) is 4.90 Å². The van der Waals surface area contributed by atoms with Crippen molar-refractivity contribution >= 4 is 33.0 Å². The first-order valence-electron chi connectivity index (χ1n) is 6.58. The second kappa shape index (κ2) is 5.61. The summed E-state index contributed by atoms with van der Waals surface area (Å²) < 4.78 is 1.08. The number of aryl methyl sites for hydroxylation is 1. The molecule has 0 aliphatic carbocycles. The van der Waals surface area contributed by atoms with E-state index >= 15 is 0 Å². The molecule has 0 spiro atoms. The van der Waals surface area contributed by atoms with Crippen LogP contribution in [-0.2, 0) is 0 Å². The number of benzene rings is 1. The number of nitrogens with zero attached hydrogens (tertiary/aromatic N) is 1. The lowest BCUT2D eigenvalue weighted by atomic mass is 10.1. The van der Waals surface area contributed by atoms with Crippen molar-refractivity contribution in [3.63, 3.8) is 0 Å². The van der Waals surface area contributed by atoms with Crippen molar-refractivity contribution < 1.29 is 4.79 Å². The van der Waals surface area contributed by atoms with Crippen molar-refractivity contribution in [3.8, 4) is 0 Å². The number of thiophene rings is 1. The molecule has 2 aromatic rings. The lowest BCUT2D eigenvalue weighted by Gasteiger charge is -2.15. The van der Waals surface area contributed by atoms with Crippen LogP contribution < -0.4 is 5.73 Å². The van der Waals surface area contributed by atoms with Crippen LogP contribution >= 0.6 is 11.3 Å². The third-order valence-corrected chi connectivity index (χ3v) is 4.44. The van der Waals surface area contributed by atoms with Crippen LogP contribution in [0.1, 0.15) is 35.0 Å². The van der Waals surface area contributed by atoms with E-state index in [0.717, 1.165) is 35.0 Å². The Balaban J connectivity index is 2.34. The number of amides is 1. The van der Waals surface area contributed by atoms with Crippen LogP contribution in [0.4, 0.5) is 5.69 Å². The fourth-order valence-electron chi connectivity index (χ4n) is 2.06. The number of carbonyl (C=O) groups is 1. The van der Waals surface area contributed by atoms with E-state index in [0.29, 0.717) is 10.6 Å². The highest BCUT2D eigenvalue weighted by molar-refractivity contribution is 7.21. The Kier molecular flexibility index (Phi) is 4.10. The quantitative estimate of drug-likeness (QED) is 0.926. The van der Waals surface area contributed by atoms with Gasteiger partial charge in [-0.15, -0.1) is 11.3 Å². The second-order valence-electron chi connectivity index (χ2n) is 4.92. The molecule has 0 saturated carbocycles. The summed E-state index contributed by atoms with van der Waals surface area (Å²) in [5.41, 5.74) is 7.92. The van der Waals surface area contributed by atoms with Gasteiger partial charge in [0.1, 0.15) is 4.88 Å². The minimum atomic E-state index is 0.0322. The van der Waals surface area contributed by atoms with Crippen LogP contribution in [0.5, 0.6) is 0 Å². The molecule has 0 radical (unpaired) electrons. The highest BCUT2D eigenvalue weighted by atomic mass is 32.1. The summed E-state index contributed by atoms with van der Waals surface area (Å²) in [4.78, 5) is 14.8. The number of nitrogens with two attached hydrogens (primary N) is 1. The van der Waals surface area contributed by atoms with Crippen LogP contribution in [0.2, 0.25) is 0 Å². The molecule has 0 aliphatic rings. The van der Waals surface area contributed by atoms with E-state index < -0.39 is 0 Å². The van der Waals surface area contributed by atoms with Crippen LogP contribution in [0.15, 0.2) is 18.2 Å². The summed E-state index contributed by atoms with van der Waals surface area (Å²) in [6.45, 7) is 4.93. The molecule has 1 heterocycles. The predicted octanol–water partition coefficient (Wildman–Crippen LogP) is 3.66. The Labute approximate surface area is 118 Å². The molecule has 0 atom stereocenters. The van der Waals surface area contributed by atoms with Gasteiger partial charge >= 0.3 is 0 Å². The van der Waals surface area contributed by atoms with Crippen molar-refractivity contribution in [1.29, 1.82) is 0 Å².